The third-order valence-corrected chi connectivity index (χ3v) is 5.56. The molecule has 0 aromatic heterocycles. The summed E-state index contributed by atoms with van der Waals surface area (Å²) in [6.07, 6.45) is 13.1. The van der Waals surface area contributed by atoms with E-state index in [9.17, 15) is 0 Å². The van der Waals surface area contributed by atoms with Gasteiger partial charge in [-0.25, -0.2) is 0 Å². The lowest BCUT2D eigenvalue weighted by Crippen LogP contribution is -2.52. The Morgan fingerprint density at radius 2 is 1.50 bits per heavy atom. The lowest BCUT2D eigenvalue weighted by atomic mass is 9.43. The normalized spacial score (nSPS) is 52.5. The molecule has 0 heterocycles. The monoisotopic (exact) mass is 193 g/mol. The van der Waals surface area contributed by atoms with Crippen molar-refractivity contribution in [2.24, 2.45) is 23.0 Å². The molecule has 0 aromatic rings. The maximum absolute atomic E-state index is 6.11. The van der Waals surface area contributed by atoms with Gasteiger partial charge in [-0.3, -0.25) is 0 Å². The largest absolute Gasteiger partial charge is 0.328 e. The fraction of sp³-hybridized carbons (Fsp3) is 1.00. The van der Waals surface area contributed by atoms with Crippen LogP contribution in [-0.4, -0.2) is 6.04 Å². The average molecular weight is 193 g/mol. The summed E-state index contributed by atoms with van der Waals surface area (Å²) >= 11 is 0. The fourth-order valence-corrected chi connectivity index (χ4v) is 4.35. The van der Waals surface area contributed by atoms with Crippen molar-refractivity contribution < 1.29 is 0 Å². The first kappa shape index (κ1) is 9.21. The van der Waals surface area contributed by atoms with Crippen molar-refractivity contribution in [2.75, 3.05) is 0 Å². The molecule has 0 saturated heterocycles. The van der Waals surface area contributed by atoms with Crippen molar-refractivity contribution in [1.82, 2.24) is 0 Å². The zero-order chi connectivity index (χ0) is 9.60. The Kier molecular flexibility index (Phi) is 2.12. The van der Waals surface area contributed by atoms with Crippen molar-refractivity contribution in [3.05, 3.63) is 0 Å². The molecule has 1 heteroatoms. The quantitative estimate of drug-likeness (QED) is 0.628. The van der Waals surface area contributed by atoms with Crippen molar-refractivity contribution in [3.63, 3.8) is 0 Å². The highest BCUT2D eigenvalue weighted by molar-refractivity contribution is 5.06. The van der Waals surface area contributed by atoms with Crippen LogP contribution in [0.2, 0.25) is 0 Å². The van der Waals surface area contributed by atoms with Gasteiger partial charge in [0.25, 0.3) is 0 Å². The minimum atomic E-state index is 0.519. The van der Waals surface area contributed by atoms with Crippen LogP contribution < -0.4 is 5.73 Å². The molecule has 4 atom stereocenters. The second-order valence-electron chi connectivity index (χ2n) is 5.97. The molecule has 0 amide bonds. The Morgan fingerprint density at radius 3 is 2.14 bits per heavy atom. The van der Waals surface area contributed by atoms with Crippen LogP contribution in [-0.2, 0) is 0 Å². The molecule has 0 radical (unpaired) electrons. The van der Waals surface area contributed by atoms with E-state index in [0.717, 1.165) is 17.3 Å². The standard InChI is InChI=1S/C13H23N/c14-12-3-1-2-10-6-8-13(10)9-7-11(13)4-5-12/h10-12H,1-9,14H2. The fourth-order valence-electron chi connectivity index (χ4n) is 4.35. The Bertz CT molecular complexity index is 221. The molecule has 80 valence electrons. The summed E-state index contributed by atoms with van der Waals surface area (Å²) in [5, 5.41) is 0. The molecular weight excluding hydrogens is 170 g/mol. The summed E-state index contributed by atoms with van der Waals surface area (Å²) < 4.78 is 0. The van der Waals surface area contributed by atoms with Crippen LogP contribution in [0.5, 0.6) is 0 Å². The Morgan fingerprint density at radius 1 is 0.786 bits per heavy atom. The van der Waals surface area contributed by atoms with Gasteiger partial charge in [-0.05, 0) is 68.6 Å². The first-order chi connectivity index (χ1) is 6.81. The number of rotatable bonds is 0. The maximum Gasteiger partial charge on any atom is 0.00389 e. The van der Waals surface area contributed by atoms with E-state index in [4.69, 9.17) is 5.73 Å². The summed E-state index contributed by atoms with van der Waals surface area (Å²) in [7, 11) is 0. The van der Waals surface area contributed by atoms with E-state index in [2.05, 4.69) is 0 Å². The van der Waals surface area contributed by atoms with Gasteiger partial charge in [0, 0.05) is 6.04 Å². The van der Waals surface area contributed by atoms with Gasteiger partial charge in [-0.1, -0.05) is 6.42 Å². The van der Waals surface area contributed by atoms with E-state index in [1.807, 2.05) is 0 Å². The minimum Gasteiger partial charge on any atom is -0.328 e. The minimum absolute atomic E-state index is 0.519. The number of nitrogens with two attached hydrogens (primary N) is 1. The molecule has 2 N–H and O–H groups in total. The van der Waals surface area contributed by atoms with Gasteiger partial charge in [-0.15, -0.1) is 0 Å². The first-order valence-electron chi connectivity index (χ1n) is 6.57. The molecule has 3 saturated carbocycles. The van der Waals surface area contributed by atoms with Gasteiger partial charge in [0.2, 0.25) is 0 Å². The highest BCUT2D eigenvalue weighted by atomic mass is 14.7. The van der Waals surface area contributed by atoms with E-state index in [1.54, 1.807) is 12.8 Å². The van der Waals surface area contributed by atoms with E-state index < -0.39 is 0 Å². The van der Waals surface area contributed by atoms with E-state index in [-0.39, 0.29) is 0 Å². The molecular formula is C13H23N. The van der Waals surface area contributed by atoms with Gasteiger partial charge in [0.05, 0.1) is 0 Å². The van der Waals surface area contributed by atoms with Crippen molar-refractivity contribution in [3.8, 4) is 0 Å². The smallest absolute Gasteiger partial charge is 0.00389 e. The summed E-state index contributed by atoms with van der Waals surface area (Å²) in [5.41, 5.74) is 6.97. The predicted octanol–water partition coefficient (Wildman–Crippen LogP) is 3.08. The van der Waals surface area contributed by atoms with Gasteiger partial charge >= 0.3 is 0 Å². The molecule has 4 unspecified atom stereocenters. The lowest BCUT2D eigenvalue weighted by Gasteiger charge is -2.62. The molecule has 3 aliphatic rings. The number of hydrogen-bond acceptors (Lipinski definition) is 1. The Balaban J connectivity index is 1.72. The second-order valence-corrected chi connectivity index (χ2v) is 5.97. The highest BCUT2D eigenvalue weighted by Crippen LogP contribution is 2.66. The van der Waals surface area contributed by atoms with Crippen LogP contribution in [0, 0.1) is 17.3 Å². The van der Waals surface area contributed by atoms with Crippen LogP contribution in [0.4, 0.5) is 0 Å². The number of hydrogen-bond donors (Lipinski definition) is 1. The third-order valence-electron chi connectivity index (χ3n) is 5.56. The van der Waals surface area contributed by atoms with E-state index in [1.165, 1.54) is 44.9 Å². The summed E-state index contributed by atoms with van der Waals surface area (Å²) in [6, 6.07) is 0.519. The van der Waals surface area contributed by atoms with E-state index in [0.29, 0.717) is 6.04 Å². The molecule has 0 aromatic carbocycles. The highest BCUT2D eigenvalue weighted by Gasteiger charge is 2.56. The van der Waals surface area contributed by atoms with Gasteiger partial charge < -0.3 is 5.73 Å². The summed E-state index contributed by atoms with van der Waals surface area (Å²) in [5.74, 6) is 2.18. The molecule has 1 nitrogen and oxygen atoms in total. The average Bonchev–Trinajstić information content (AvgIpc) is 2.10. The predicted molar refractivity (Wildman–Crippen MR) is 58.9 cm³/mol. The van der Waals surface area contributed by atoms with Gasteiger partial charge in [0.15, 0.2) is 0 Å². The molecule has 3 fully saturated rings. The first-order valence-corrected chi connectivity index (χ1v) is 6.57. The van der Waals surface area contributed by atoms with Crippen molar-refractivity contribution in [1.29, 1.82) is 0 Å². The molecule has 3 rings (SSSR count). The van der Waals surface area contributed by atoms with Crippen LogP contribution in [0.3, 0.4) is 0 Å². The van der Waals surface area contributed by atoms with Gasteiger partial charge in [0.1, 0.15) is 0 Å². The maximum atomic E-state index is 6.11. The SMILES string of the molecule is NC1CCCC2CCC23CCC3CC1. The van der Waals surface area contributed by atoms with Crippen LogP contribution in [0.15, 0.2) is 0 Å². The third kappa shape index (κ3) is 1.18. The van der Waals surface area contributed by atoms with Crippen LogP contribution in [0.25, 0.3) is 0 Å². The van der Waals surface area contributed by atoms with Crippen molar-refractivity contribution >= 4 is 0 Å². The van der Waals surface area contributed by atoms with Gasteiger partial charge in [-0.2, -0.15) is 0 Å². The second kappa shape index (κ2) is 3.23. The molecule has 14 heavy (non-hydrogen) atoms. The molecule has 0 bridgehead atoms. The lowest BCUT2D eigenvalue weighted by molar-refractivity contribution is -0.118. The summed E-state index contributed by atoms with van der Waals surface area (Å²) in [4.78, 5) is 0. The van der Waals surface area contributed by atoms with Crippen LogP contribution in [0.1, 0.15) is 57.8 Å². The van der Waals surface area contributed by atoms with E-state index >= 15 is 0 Å². The van der Waals surface area contributed by atoms with Crippen LogP contribution >= 0.6 is 0 Å². The molecule has 3 aliphatic carbocycles. The summed E-state index contributed by atoms with van der Waals surface area (Å²) in [6.45, 7) is 0. The topological polar surface area (TPSA) is 26.0 Å². The molecule has 0 aliphatic heterocycles. The zero-order valence-corrected chi connectivity index (χ0v) is 9.17. The zero-order valence-electron chi connectivity index (χ0n) is 9.17. The molecule has 1 spiro atoms. The Hall–Kier alpha value is -0.0400. The Labute approximate surface area is 87.4 Å². The van der Waals surface area contributed by atoms with Crippen molar-refractivity contribution in [2.45, 2.75) is 63.8 Å².